The standard InChI is InChI=1S/C10H10BrF2NO3/c1-3-17-10(15)7-8(16-2)5(9(12)13)4-6(11)14-7/h4,9H,3H2,1-2H3. The topological polar surface area (TPSA) is 48.4 Å². The third-order valence-corrected chi connectivity index (χ3v) is 2.28. The lowest BCUT2D eigenvalue weighted by Crippen LogP contribution is -2.11. The van der Waals surface area contributed by atoms with Crippen molar-refractivity contribution >= 4 is 21.9 Å². The van der Waals surface area contributed by atoms with Crippen molar-refractivity contribution in [1.29, 1.82) is 0 Å². The Balaban J connectivity index is 3.32. The quantitative estimate of drug-likeness (QED) is 0.634. The van der Waals surface area contributed by atoms with Crippen LogP contribution in [-0.4, -0.2) is 24.7 Å². The molecule has 7 heteroatoms. The van der Waals surface area contributed by atoms with Crippen LogP contribution in [0.15, 0.2) is 10.7 Å². The van der Waals surface area contributed by atoms with E-state index in [-0.39, 0.29) is 22.7 Å². The number of halogens is 3. The second-order valence-electron chi connectivity index (χ2n) is 2.94. The van der Waals surface area contributed by atoms with E-state index in [2.05, 4.69) is 20.9 Å². The summed E-state index contributed by atoms with van der Waals surface area (Å²) in [4.78, 5) is 15.3. The van der Waals surface area contributed by atoms with Crippen molar-refractivity contribution in [2.45, 2.75) is 13.3 Å². The highest BCUT2D eigenvalue weighted by molar-refractivity contribution is 9.10. The molecule has 0 saturated carbocycles. The molecule has 0 aliphatic rings. The molecule has 0 unspecified atom stereocenters. The van der Waals surface area contributed by atoms with Gasteiger partial charge in [-0.25, -0.2) is 18.6 Å². The first-order valence-corrected chi connectivity index (χ1v) is 5.50. The number of hydrogen-bond donors (Lipinski definition) is 0. The zero-order valence-corrected chi connectivity index (χ0v) is 10.8. The Hall–Kier alpha value is -1.24. The number of methoxy groups -OCH3 is 1. The average Bonchev–Trinajstić information content (AvgIpc) is 2.28. The van der Waals surface area contributed by atoms with Gasteiger partial charge in [-0.2, -0.15) is 0 Å². The fourth-order valence-corrected chi connectivity index (χ4v) is 1.66. The Bertz CT molecular complexity index is 426. The van der Waals surface area contributed by atoms with Crippen LogP contribution < -0.4 is 4.74 Å². The number of ether oxygens (including phenoxy) is 2. The molecule has 1 rings (SSSR count). The molecule has 1 heterocycles. The van der Waals surface area contributed by atoms with Crippen LogP contribution in [0.2, 0.25) is 0 Å². The lowest BCUT2D eigenvalue weighted by molar-refractivity contribution is 0.0514. The lowest BCUT2D eigenvalue weighted by Gasteiger charge is -2.12. The SMILES string of the molecule is CCOC(=O)c1nc(Br)cc(C(F)F)c1OC. The molecule has 0 amide bonds. The van der Waals surface area contributed by atoms with Crippen molar-refractivity contribution in [1.82, 2.24) is 4.98 Å². The van der Waals surface area contributed by atoms with Gasteiger partial charge in [0.05, 0.1) is 19.3 Å². The number of aromatic nitrogens is 1. The summed E-state index contributed by atoms with van der Waals surface area (Å²) in [5.41, 5.74) is -0.670. The number of carbonyl (C=O) groups is 1. The van der Waals surface area contributed by atoms with Gasteiger partial charge < -0.3 is 9.47 Å². The molecular formula is C10H10BrF2NO3. The van der Waals surface area contributed by atoms with E-state index in [1.807, 2.05) is 0 Å². The van der Waals surface area contributed by atoms with Gasteiger partial charge in [0.15, 0.2) is 11.4 Å². The van der Waals surface area contributed by atoms with Crippen molar-refractivity contribution in [2.75, 3.05) is 13.7 Å². The number of rotatable bonds is 4. The van der Waals surface area contributed by atoms with Gasteiger partial charge in [-0.1, -0.05) is 0 Å². The molecule has 0 atom stereocenters. The monoisotopic (exact) mass is 309 g/mol. The molecule has 17 heavy (non-hydrogen) atoms. The Kier molecular flexibility index (Phi) is 4.80. The molecule has 0 aliphatic carbocycles. The molecule has 1 aromatic heterocycles. The van der Waals surface area contributed by atoms with Crippen LogP contribution in [0.4, 0.5) is 8.78 Å². The summed E-state index contributed by atoms with van der Waals surface area (Å²) in [6.45, 7) is 1.73. The maximum Gasteiger partial charge on any atom is 0.360 e. The van der Waals surface area contributed by atoms with Crippen molar-refractivity contribution < 1.29 is 23.0 Å². The van der Waals surface area contributed by atoms with E-state index in [9.17, 15) is 13.6 Å². The van der Waals surface area contributed by atoms with Gasteiger partial charge in [-0.15, -0.1) is 0 Å². The first-order chi connectivity index (χ1) is 8.01. The van der Waals surface area contributed by atoms with Gasteiger partial charge in [-0.3, -0.25) is 0 Å². The predicted octanol–water partition coefficient (Wildman–Crippen LogP) is 2.97. The van der Waals surface area contributed by atoms with Crippen molar-refractivity contribution in [2.24, 2.45) is 0 Å². The Morgan fingerprint density at radius 2 is 2.24 bits per heavy atom. The first-order valence-electron chi connectivity index (χ1n) is 4.71. The second kappa shape index (κ2) is 5.90. The van der Waals surface area contributed by atoms with E-state index in [1.165, 1.54) is 7.11 Å². The van der Waals surface area contributed by atoms with Gasteiger partial charge in [0.25, 0.3) is 6.43 Å². The number of alkyl halides is 2. The molecule has 4 nitrogen and oxygen atoms in total. The summed E-state index contributed by atoms with van der Waals surface area (Å²) in [6.07, 6.45) is -2.77. The highest BCUT2D eigenvalue weighted by Gasteiger charge is 2.24. The fraction of sp³-hybridized carbons (Fsp3) is 0.400. The number of esters is 1. The van der Waals surface area contributed by atoms with Crippen LogP contribution in [0.25, 0.3) is 0 Å². The molecule has 1 aromatic rings. The van der Waals surface area contributed by atoms with Gasteiger partial charge in [0.1, 0.15) is 4.60 Å². The molecule has 0 aromatic carbocycles. The summed E-state index contributed by atoms with van der Waals surface area (Å²) in [7, 11) is 1.19. The number of hydrogen-bond acceptors (Lipinski definition) is 4. The minimum absolute atomic E-state index is 0.122. The average molecular weight is 310 g/mol. The molecule has 0 N–H and O–H groups in total. The van der Waals surface area contributed by atoms with Crippen molar-refractivity contribution in [3.8, 4) is 5.75 Å². The summed E-state index contributed by atoms with van der Waals surface area (Å²) < 4.78 is 35.1. The Labute approximate surface area is 105 Å². The zero-order valence-electron chi connectivity index (χ0n) is 9.17. The molecule has 0 radical (unpaired) electrons. The van der Waals surface area contributed by atoms with Crippen LogP contribution in [0.5, 0.6) is 5.75 Å². The minimum Gasteiger partial charge on any atom is -0.494 e. The first kappa shape index (κ1) is 13.8. The van der Waals surface area contributed by atoms with Crippen LogP contribution in [0.3, 0.4) is 0 Å². The summed E-state index contributed by atoms with van der Waals surface area (Å²) in [5, 5.41) is 0. The van der Waals surface area contributed by atoms with Crippen molar-refractivity contribution in [3.05, 3.63) is 21.9 Å². The maximum atomic E-state index is 12.7. The summed E-state index contributed by atoms with van der Waals surface area (Å²) in [5.74, 6) is -1.06. The summed E-state index contributed by atoms with van der Waals surface area (Å²) in [6, 6.07) is 1.10. The highest BCUT2D eigenvalue weighted by atomic mass is 79.9. The van der Waals surface area contributed by atoms with E-state index in [4.69, 9.17) is 9.47 Å². The van der Waals surface area contributed by atoms with E-state index in [1.54, 1.807) is 6.92 Å². The maximum absolute atomic E-state index is 12.7. The number of nitrogens with zero attached hydrogens (tertiary/aromatic N) is 1. The third kappa shape index (κ3) is 3.12. The predicted molar refractivity (Wildman–Crippen MR) is 59.4 cm³/mol. The molecule has 0 aliphatic heterocycles. The normalized spacial score (nSPS) is 10.5. The summed E-state index contributed by atoms with van der Waals surface area (Å²) >= 11 is 2.96. The Morgan fingerprint density at radius 3 is 2.71 bits per heavy atom. The molecular weight excluding hydrogens is 300 g/mol. The van der Waals surface area contributed by atoms with Crippen LogP contribution in [-0.2, 0) is 4.74 Å². The fourth-order valence-electron chi connectivity index (χ4n) is 1.23. The van der Waals surface area contributed by atoms with Crippen LogP contribution in [0, 0.1) is 0 Å². The van der Waals surface area contributed by atoms with Crippen LogP contribution >= 0.6 is 15.9 Å². The van der Waals surface area contributed by atoms with Gasteiger partial charge in [-0.05, 0) is 28.9 Å². The smallest absolute Gasteiger partial charge is 0.360 e. The van der Waals surface area contributed by atoms with Crippen molar-refractivity contribution in [3.63, 3.8) is 0 Å². The zero-order chi connectivity index (χ0) is 13.0. The van der Waals surface area contributed by atoms with Crippen LogP contribution in [0.1, 0.15) is 29.4 Å². The second-order valence-corrected chi connectivity index (χ2v) is 3.75. The molecule has 0 fully saturated rings. The Morgan fingerprint density at radius 1 is 1.59 bits per heavy atom. The van der Waals surface area contributed by atoms with Gasteiger partial charge >= 0.3 is 5.97 Å². The molecule has 0 saturated heterocycles. The van der Waals surface area contributed by atoms with E-state index in [0.29, 0.717) is 0 Å². The minimum atomic E-state index is -2.77. The van der Waals surface area contributed by atoms with E-state index < -0.39 is 18.0 Å². The van der Waals surface area contributed by atoms with Gasteiger partial charge in [0, 0.05) is 0 Å². The largest absolute Gasteiger partial charge is 0.494 e. The third-order valence-electron chi connectivity index (χ3n) is 1.88. The van der Waals surface area contributed by atoms with Gasteiger partial charge in [0.2, 0.25) is 0 Å². The molecule has 94 valence electrons. The molecule has 0 bridgehead atoms. The number of carbonyl (C=O) groups excluding carboxylic acids is 1. The number of pyridine rings is 1. The molecule has 0 spiro atoms. The van der Waals surface area contributed by atoms with E-state index in [0.717, 1.165) is 6.07 Å². The van der Waals surface area contributed by atoms with E-state index >= 15 is 0 Å². The lowest BCUT2D eigenvalue weighted by atomic mass is 10.2. The highest BCUT2D eigenvalue weighted by Crippen LogP contribution is 2.33.